The second-order valence-electron chi connectivity index (χ2n) is 6.92. The number of aliphatic hydroxyl groups is 1. The normalized spacial score (nSPS) is 20.5. The van der Waals surface area contributed by atoms with Gasteiger partial charge in [-0.2, -0.15) is 0 Å². The smallest absolute Gasteiger partial charge is 0.225 e. The first-order valence-electron chi connectivity index (χ1n) is 8.93. The Bertz CT molecular complexity index is 544. The van der Waals surface area contributed by atoms with E-state index in [9.17, 15) is 9.90 Å². The topological polar surface area (TPSA) is 78.4 Å². The standard InChI is InChI=1S/C18H30N4O2/c1-5-12(2)16(11-23)21-17(24)15-7-6-8-22(10-15)18-19-13(3)9-14(4)20-18/h9,12,15-16,23H,5-8,10-11H2,1-4H3,(H,21,24). The fourth-order valence-electron chi connectivity index (χ4n) is 3.17. The molecule has 1 aromatic heterocycles. The molecule has 3 unspecified atom stereocenters. The van der Waals surface area contributed by atoms with Crippen LogP contribution in [0.3, 0.4) is 0 Å². The maximum absolute atomic E-state index is 12.6. The van der Waals surface area contributed by atoms with E-state index in [2.05, 4.69) is 34.0 Å². The Morgan fingerprint density at radius 2 is 2.08 bits per heavy atom. The first-order chi connectivity index (χ1) is 11.4. The number of aryl methyl sites for hydroxylation is 2. The van der Waals surface area contributed by atoms with Gasteiger partial charge in [0.05, 0.1) is 18.6 Å². The lowest BCUT2D eigenvalue weighted by Crippen LogP contribution is -2.49. The highest BCUT2D eigenvalue weighted by molar-refractivity contribution is 5.79. The Hall–Kier alpha value is -1.69. The van der Waals surface area contributed by atoms with Crippen molar-refractivity contribution >= 4 is 11.9 Å². The molecular weight excluding hydrogens is 304 g/mol. The molecule has 6 heteroatoms. The number of rotatable bonds is 6. The van der Waals surface area contributed by atoms with E-state index in [1.54, 1.807) is 0 Å². The molecule has 3 atom stereocenters. The number of aliphatic hydroxyl groups excluding tert-OH is 1. The molecular formula is C18H30N4O2. The monoisotopic (exact) mass is 334 g/mol. The second-order valence-corrected chi connectivity index (χ2v) is 6.92. The van der Waals surface area contributed by atoms with Crippen molar-refractivity contribution < 1.29 is 9.90 Å². The van der Waals surface area contributed by atoms with Gasteiger partial charge in [-0.15, -0.1) is 0 Å². The highest BCUT2D eigenvalue weighted by Crippen LogP contribution is 2.21. The number of anilines is 1. The van der Waals surface area contributed by atoms with E-state index >= 15 is 0 Å². The molecule has 24 heavy (non-hydrogen) atoms. The lowest BCUT2D eigenvalue weighted by molar-refractivity contribution is -0.126. The lowest BCUT2D eigenvalue weighted by atomic mass is 9.95. The molecule has 0 radical (unpaired) electrons. The SMILES string of the molecule is CCC(C)C(CO)NC(=O)C1CCCN(c2nc(C)cc(C)n2)C1. The van der Waals surface area contributed by atoms with E-state index in [4.69, 9.17) is 0 Å². The predicted octanol–water partition coefficient (Wildman–Crippen LogP) is 1.83. The fraction of sp³-hybridized carbons (Fsp3) is 0.722. The summed E-state index contributed by atoms with van der Waals surface area (Å²) in [6.07, 6.45) is 2.74. The molecule has 1 aliphatic heterocycles. The Labute approximate surface area is 144 Å². The van der Waals surface area contributed by atoms with E-state index in [-0.39, 0.29) is 30.4 Å². The van der Waals surface area contributed by atoms with Crippen LogP contribution in [-0.2, 0) is 4.79 Å². The van der Waals surface area contributed by atoms with Crippen LogP contribution in [0, 0.1) is 25.7 Å². The quantitative estimate of drug-likeness (QED) is 0.830. The summed E-state index contributed by atoms with van der Waals surface area (Å²) in [5.74, 6) is 0.928. The molecule has 1 amide bonds. The zero-order chi connectivity index (χ0) is 17.7. The van der Waals surface area contributed by atoms with Gasteiger partial charge in [-0.1, -0.05) is 20.3 Å². The van der Waals surface area contributed by atoms with Crippen molar-refractivity contribution in [3.63, 3.8) is 0 Å². The number of nitrogens with one attached hydrogen (secondary N) is 1. The highest BCUT2D eigenvalue weighted by atomic mass is 16.3. The summed E-state index contributed by atoms with van der Waals surface area (Å²) in [4.78, 5) is 23.7. The summed E-state index contributed by atoms with van der Waals surface area (Å²) in [5, 5.41) is 12.5. The Balaban J connectivity index is 2.03. The molecule has 0 bridgehead atoms. The summed E-state index contributed by atoms with van der Waals surface area (Å²) in [6, 6.07) is 1.78. The predicted molar refractivity (Wildman–Crippen MR) is 94.9 cm³/mol. The van der Waals surface area contributed by atoms with E-state index in [0.717, 1.165) is 37.2 Å². The maximum atomic E-state index is 12.6. The molecule has 1 aromatic rings. The van der Waals surface area contributed by atoms with Crippen LogP contribution in [0.25, 0.3) is 0 Å². The van der Waals surface area contributed by atoms with Crippen molar-refractivity contribution in [1.29, 1.82) is 0 Å². The van der Waals surface area contributed by atoms with Crippen molar-refractivity contribution in [1.82, 2.24) is 15.3 Å². The molecule has 1 saturated heterocycles. The number of carbonyl (C=O) groups excluding carboxylic acids is 1. The largest absolute Gasteiger partial charge is 0.394 e. The van der Waals surface area contributed by atoms with Crippen LogP contribution in [0.15, 0.2) is 6.07 Å². The average molecular weight is 334 g/mol. The summed E-state index contributed by atoms with van der Waals surface area (Å²) >= 11 is 0. The third kappa shape index (κ3) is 4.66. The van der Waals surface area contributed by atoms with Crippen LogP contribution >= 0.6 is 0 Å². The average Bonchev–Trinajstić information content (AvgIpc) is 2.58. The number of nitrogens with zero attached hydrogens (tertiary/aromatic N) is 3. The van der Waals surface area contributed by atoms with Crippen LogP contribution in [-0.4, -0.2) is 46.7 Å². The van der Waals surface area contributed by atoms with Gasteiger partial charge in [-0.25, -0.2) is 9.97 Å². The van der Waals surface area contributed by atoms with Gasteiger partial charge >= 0.3 is 0 Å². The van der Waals surface area contributed by atoms with Crippen LogP contribution in [0.1, 0.15) is 44.5 Å². The zero-order valence-electron chi connectivity index (χ0n) is 15.2. The van der Waals surface area contributed by atoms with Crippen molar-refractivity contribution in [3.05, 3.63) is 17.5 Å². The van der Waals surface area contributed by atoms with Gasteiger partial charge in [-0.3, -0.25) is 4.79 Å². The van der Waals surface area contributed by atoms with Gasteiger partial charge in [0.25, 0.3) is 0 Å². The molecule has 0 saturated carbocycles. The number of hydrogen-bond donors (Lipinski definition) is 2. The van der Waals surface area contributed by atoms with Crippen molar-refractivity contribution in [2.75, 3.05) is 24.6 Å². The second kappa shape index (κ2) is 8.42. The number of carbonyl (C=O) groups is 1. The molecule has 6 nitrogen and oxygen atoms in total. The zero-order valence-corrected chi connectivity index (χ0v) is 15.2. The molecule has 0 aromatic carbocycles. The van der Waals surface area contributed by atoms with Crippen molar-refractivity contribution in [2.45, 2.75) is 53.0 Å². The highest BCUT2D eigenvalue weighted by Gasteiger charge is 2.29. The summed E-state index contributed by atoms with van der Waals surface area (Å²) < 4.78 is 0. The van der Waals surface area contributed by atoms with Crippen LogP contribution in [0.2, 0.25) is 0 Å². The third-order valence-corrected chi connectivity index (χ3v) is 4.90. The molecule has 0 spiro atoms. The number of aromatic nitrogens is 2. The van der Waals surface area contributed by atoms with Crippen LogP contribution in [0.5, 0.6) is 0 Å². The van der Waals surface area contributed by atoms with Gasteiger partial charge in [0.15, 0.2) is 0 Å². The first kappa shape index (κ1) is 18.6. The Kier molecular flexibility index (Phi) is 6.54. The Morgan fingerprint density at radius 1 is 1.42 bits per heavy atom. The van der Waals surface area contributed by atoms with Gasteiger partial charge < -0.3 is 15.3 Å². The number of amides is 1. The van der Waals surface area contributed by atoms with Crippen molar-refractivity contribution in [2.24, 2.45) is 11.8 Å². The molecule has 134 valence electrons. The van der Waals surface area contributed by atoms with Gasteiger partial charge in [0.2, 0.25) is 11.9 Å². The number of hydrogen-bond acceptors (Lipinski definition) is 5. The minimum absolute atomic E-state index is 0.0165. The van der Waals surface area contributed by atoms with Crippen LogP contribution in [0.4, 0.5) is 5.95 Å². The molecule has 2 heterocycles. The molecule has 2 N–H and O–H groups in total. The number of piperidine rings is 1. The van der Waals surface area contributed by atoms with Gasteiger partial charge in [-0.05, 0) is 38.7 Å². The maximum Gasteiger partial charge on any atom is 0.225 e. The minimum Gasteiger partial charge on any atom is -0.394 e. The molecule has 1 aliphatic rings. The van der Waals surface area contributed by atoms with E-state index in [1.165, 1.54) is 0 Å². The van der Waals surface area contributed by atoms with E-state index in [0.29, 0.717) is 12.5 Å². The fourth-order valence-corrected chi connectivity index (χ4v) is 3.17. The molecule has 0 aliphatic carbocycles. The minimum atomic E-state index is -0.171. The summed E-state index contributed by atoms with van der Waals surface area (Å²) in [5.41, 5.74) is 1.89. The lowest BCUT2D eigenvalue weighted by Gasteiger charge is -2.33. The van der Waals surface area contributed by atoms with Gasteiger partial charge in [0, 0.05) is 24.5 Å². The first-order valence-corrected chi connectivity index (χ1v) is 8.93. The van der Waals surface area contributed by atoms with Gasteiger partial charge in [0.1, 0.15) is 0 Å². The third-order valence-electron chi connectivity index (χ3n) is 4.90. The van der Waals surface area contributed by atoms with Crippen LogP contribution < -0.4 is 10.2 Å². The van der Waals surface area contributed by atoms with Crippen molar-refractivity contribution in [3.8, 4) is 0 Å². The molecule has 2 rings (SSSR count). The van der Waals surface area contributed by atoms with E-state index < -0.39 is 0 Å². The molecule has 1 fully saturated rings. The Morgan fingerprint density at radius 3 is 2.67 bits per heavy atom. The summed E-state index contributed by atoms with van der Waals surface area (Å²) in [6.45, 7) is 9.54. The summed E-state index contributed by atoms with van der Waals surface area (Å²) in [7, 11) is 0. The van der Waals surface area contributed by atoms with E-state index in [1.807, 2.05) is 19.9 Å².